The van der Waals surface area contributed by atoms with Crippen LogP contribution in [0.2, 0.25) is 0 Å². The largest absolute Gasteiger partial charge is 0.467 e. The number of carbonyl (C=O) groups is 1. The number of nitrogens with zero attached hydrogens (tertiary/aromatic N) is 1. The molecule has 0 aromatic carbocycles. The third-order valence-corrected chi connectivity index (χ3v) is 2.87. The topological polar surface area (TPSA) is 72.6 Å². The van der Waals surface area contributed by atoms with Gasteiger partial charge in [0.1, 0.15) is 5.76 Å². The number of aryl methyl sites for hydroxylation is 1. The van der Waals surface area contributed by atoms with Gasteiger partial charge in [0.25, 0.3) is 0 Å². The summed E-state index contributed by atoms with van der Waals surface area (Å²) in [5, 5.41) is 13.7. The molecule has 5 nitrogen and oxygen atoms in total. The predicted molar refractivity (Wildman–Crippen MR) is 50.2 cm³/mol. The standard InChI is InChI=1S/C10H13NO4/c1-6-5-7(11-15-6)10(3-4-10)8(12)9(13)14-2/h5,8,12H,3-4H2,1-2H3. The first kappa shape index (κ1) is 10.2. The normalized spacial score (nSPS) is 19.7. The Bertz CT molecular complexity index is 381. The third-order valence-electron chi connectivity index (χ3n) is 2.87. The molecule has 1 heterocycles. The average molecular weight is 211 g/mol. The molecule has 0 spiro atoms. The lowest BCUT2D eigenvalue weighted by atomic mass is 9.95. The van der Waals surface area contributed by atoms with Crippen molar-refractivity contribution in [1.82, 2.24) is 5.16 Å². The lowest BCUT2D eigenvalue weighted by molar-refractivity contribution is -0.152. The van der Waals surface area contributed by atoms with E-state index in [2.05, 4.69) is 9.89 Å². The molecule has 15 heavy (non-hydrogen) atoms. The second-order valence-corrected chi connectivity index (χ2v) is 3.90. The zero-order valence-corrected chi connectivity index (χ0v) is 8.69. The lowest BCUT2D eigenvalue weighted by Crippen LogP contribution is -2.35. The molecule has 1 fully saturated rings. The molecule has 0 saturated heterocycles. The number of hydrogen-bond acceptors (Lipinski definition) is 5. The first-order valence-electron chi connectivity index (χ1n) is 4.80. The van der Waals surface area contributed by atoms with Gasteiger partial charge in [-0.05, 0) is 19.8 Å². The molecule has 1 atom stereocenters. The quantitative estimate of drug-likeness (QED) is 0.739. The van der Waals surface area contributed by atoms with Crippen molar-refractivity contribution in [2.24, 2.45) is 0 Å². The molecule has 0 aliphatic heterocycles. The minimum atomic E-state index is -1.15. The Morgan fingerprint density at radius 2 is 2.40 bits per heavy atom. The molecule has 1 aromatic rings. The van der Waals surface area contributed by atoms with Crippen LogP contribution in [0.5, 0.6) is 0 Å². The highest BCUT2D eigenvalue weighted by molar-refractivity contribution is 5.77. The minimum absolute atomic E-state index is 0.579. The molecule has 1 aliphatic carbocycles. The highest BCUT2D eigenvalue weighted by Gasteiger charge is 2.56. The van der Waals surface area contributed by atoms with Crippen molar-refractivity contribution in [3.05, 3.63) is 17.5 Å². The van der Waals surface area contributed by atoms with Crippen molar-refractivity contribution in [2.45, 2.75) is 31.3 Å². The minimum Gasteiger partial charge on any atom is -0.467 e. The Balaban J connectivity index is 2.24. The summed E-state index contributed by atoms with van der Waals surface area (Å²) >= 11 is 0. The van der Waals surface area contributed by atoms with Crippen molar-refractivity contribution in [1.29, 1.82) is 0 Å². The highest BCUT2D eigenvalue weighted by Crippen LogP contribution is 2.50. The average Bonchev–Trinajstić information content (AvgIpc) is 2.94. The molecule has 0 radical (unpaired) electrons. The van der Waals surface area contributed by atoms with Crippen LogP contribution < -0.4 is 0 Å². The van der Waals surface area contributed by atoms with Crippen molar-refractivity contribution in [2.75, 3.05) is 7.11 Å². The number of esters is 1. The van der Waals surface area contributed by atoms with Crippen LogP contribution >= 0.6 is 0 Å². The van der Waals surface area contributed by atoms with Gasteiger partial charge in [-0.15, -0.1) is 0 Å². The van der Waals surface area contributed by atoms with E-state index in [1.807, 2.05) is 0 Å². The molecule has 1 N–H and O–H groups in total. The van der Waals surface area contributed by atoms with E-state index in [1.54, 1.807) is 13.0 Å². The molecule has 1 saturated carbocycles. The zero-order chi connectivity index (χ0) is 11.1. The van der Waals surface area contributed by atoms with Gasteiger partial charge in [-0.1, -0.05) is 5.16 Å². The fourth-order valence-electron chi connectivity index (χ4n) is 1.74. The first-order chi connectivity index (χ1) is 7.10. The van der Waals surface area contributed by atoms with E-state index in [9.17, 15) is 9.90 Å². The summed E-state index contributed by atoms with van der Waals surface area (Å²) in [6, 6.07) is 1.75. The van der Waals surface area contributed by atoms with E-state index in [4.69, 9.17) is 4.52 Å². The second kappa shape index (κ2) is 3.34. The van der Waals surface area contributed by atoms with Gasteiger partial charge >= 0.3 is 5.97 Å². The van der Waals surface area contributed by atoms with E-state index < -0.39 is 17.5 Å². The van der Waals surface area contributed by atoms with E-state index >= 15 is 0 Å². The van der Waals surface area contributed by atoms with Crippen LogP contribution in [0, 0.1) is 6.92 Å². The van der Waals surface area contributed by atoms with Crippen molar-refractivity contribution in [3.63, 3.8) is 0 Å². The number of aliphatic hydroxyl groups is 1. The van der Waals surface area contributed by atoms with E-state index in [-0.39, 0.29) is 0 Å². The Hall–Kier alpha value is -1.36. The molecule has 1 aromatic heterocycles. The van der Waals surface area contributed by atoms with Gasteiger partial charge in [-0.2, -0.15) is 0 Å². The summed E-state index contributed by atoms with van der Waals surface area (Å²) < 4.78 is 9.46. The lowest BCUT2D eigenvalue weighted by Gasteiger charge is -2.16. The number of rotatable bonds is 3. The van der Waals surface area contributed by atoms with Crippen molar-refractivity contribution >= 4 is 5.97 Å². The van der Waals surface area contributed by atoms with Crippen LogP contribution in [-0.4, -0.2) is 29.4 Å². The van der Waals surface area contributed by atoms with Gasteiger partial charge in [-0.3, -0.25) is 0 Å². The van der Waals surface area contributed by atoms with E-state index in [1.165, 1.54) is 7.11 Å². The molecule has 0 amide bonds. The smallest absolute Gasteiger partial charge is 0.335 e. The van der Waals surface area contributed by atoms with E-state index in [0.717, 1.165) is 12.8 Å². The predicted octanol–water partition coefficient (Wildman–Crippen LogP) is 0.549. The van der Waals surface area contributed by atoms with Gasteiger partial charge in [-0.25, -0.2) is 4.79 Å². The molecular formula is C10H13NO4. The molecule has 2 rings (SSSR count). The van der Waals surface area contributed by atoms with Gasteiger partial charge in [0.2, 0.25) is 0 Å². The van der Waals surface area contributed by atoms with Crippen LogP contribution in [-0.2, 0) is 14.9 Å². The third kappa shape index (κ3) is 1.52. The van der Waals surface area contributed by atoms with Gasteiger partial charge < -0.3 is 14.4 Å². The second-order valence-electron chi connectivity index (χ2n) is 3.90. The van der Waals surface area contributed by atoms with Crippen LogP contribution in [0.25, 0.3) is 0 Å². The zero-order valence-electron chi connectivity index (χ0n) is 8.69. The number of aromatic nitrogens is 1. The van der Waals surface area contributed by atoms with Crippen LogP contribution in [0.3, 0.4) is 0 Å². The molecule has 5 heteroatoms. The molecule has 1 aliphatic rings. The summed E-state index contributed by atoms with van der Waals surface area (Å²) in [6.45, 7) is 1.77. The van der Waals surface area contributed by atoms with Gasteiger partial charge in [0.15, 0.2) is 6.10 Å². The molecule has 1 unspecified atom stereocenters. The van der Waals surface area contributed by atoms with Crippen LogP contribution in [0.15, 0.2) is 10.6 Å². The number of carbonyl (C=O) groups excluding carboxylic acids is 1. The Labute approximate surface area is 87.0 Å². The van der Waals surface area contributed by atoms with Crippen LogP contribution in [0.1, 0.15) is 24.3 Å². The Morgan fingerprint density at radius 1 is 1.73 bits per heavy atom. The number of methoxy groups -OCH3 is 1. The number of aliphatic hydroxyl groups excluding tert-OH is 1. The molecule has 82 valence electrons. The maximum absolute atomic E-state index is 11.2. The highest BCUT2D eigenvalue weighted by atomic mass is 16.5. The summed E-state index contributed by atoms with van der Waals surface area (Å²) in [4.78, 5) is 11.2. The SMILES string of the molecule is COC(=O)C(O)C1(c2cc(C)on2)CC1. The summed E-state index contributed by atoms with van der Waals surface area (Å²) in [6.07, 6.45) is 0.316. The maximum Gasteiger partial charge on any atom is 0.335 e. The van der Waals surface area contributed by atoms with Gasteiger partial charge in [0.05, 0.1) is 18.2 Å². The molecule has 0 bridgehead atoms. The summed E-state index contributed by atoms with van der Waals surface area (Å²) in [5.41, 5.74) is 0.0584. The van der Waals surface area contributed by atoms with E-state index in [0.29, 0.717) is 11.5 Å². The van der Waals surface area contributed by atoms with Crippen molar-refractivity contribution in [3.8, 4) is 0 Å². The fraction of sp³-hybridized carbons (Fsp3) is 0.600. The Morgan fingerprint density at radius 3 is 2.80 bits per heavy atom. The van der Waals surface area contributed by atoms with Gasteiger partial charge in [0, 0.05) is 6.07 Å². The number of ether oxygens (including phenoxy) is 1. The summed E-state index contributed by atoms with van der Waals surface area (Å²) in [7, 11) is 1.26. The molecular weight excluding hydrogens is 198 g/mol. The summed E-state index contributed by atoms with van der Waals surface area (Å²) in [5.74, 6) is 0.0569. The first-order valence-corrected chi connectivity index (χ1v) is 4.80. The monoisotopic (exact) mass is 211 g/mol. The van der Waals surface area contributed by atoms with Crippen LogP contribution in [0.4, 0.5) is 0 Å². The fourth-order valence-corrected chi connectivity index (χ4v) is 1.74. The number of hydrogen-bond donors (Lipinski definition) is 1. The Kier molecular flexibility index (Phi) is 2.26. The van der Waals surface area contributed by atoms with Crippen molar-refractivity contribution < 1.29 is 19.2 Å². The maximum atomic E-state index is 11.2.